The first-order chi connectivity index (χ1) is 11.7. The second-order valence-electron chi connectivity index (χ2n) is 6.10. The minimum atomic E-state index is -0.697. The SMILES string of the molecule is CSc1ccc(C(c2ccccn2)N2CCCC(C(=O)O)C2)cc1. The molecule has 1 N–H and O–H groups in total. The average molecular weight is 342 g/mol. The molecule has 2 unspecified atom stereocenters. The van der Waals surface area contributed by atoms with Crippen molar-refractivity contribution in [2.45, 2.75) is 23.8 Å². The van der Waals surface area contributed by atoms with E-state index in [9.17, 15) is 9.90 Å². The molecule has 1 aliphatic heterocycles. The largest absolute Gasteiger partial charge is 0.481 e. The minimum Gasteiger partial charge on any atom is -0.481 e. The molecule has 1 fully saturated rings. The normalized spacial score (nSPS) is 19.8. The first-order valence-corrected chi connectivity index (χ1v) is 9.43. The molecule has 1 aromatic carbocycles. The predicted molar refractivity (Wildman–Crippen MR) is 96.2 cm³/mol. The van der Waals surface area contributed by atoms with Gasteiger partial charge in [0.1, 0.15) is 0 Å². The Balaban J connectivity index is 1.94. The first-order valence-electron chi connectivity index (χ1n) is 8.21. The van der Waals surface area contributed by atoms with Crippen molar-refractivity contribution in [1.29, 1.82) is 0 Å². The van der Waals surface area contributed by atoms with E-state index in [0.29, 0.717) is 6.54 Å². The van der Waals surface area contributed by atoms with Gasteiger partial charge in [-0.1, -0.05) is 18.2 Å². The third-order valence-electron chi connectivity index (χ3n) is 4.57. The van der Waals surface area contributed by atoms with Crippen LogP contribution in [0.4, 0.5) is 0 Å². The van der Waals surface area contributed by atoms with E-state index in [1.807, 2.05) is 18.2 Å². The zero-order chi connectivity index (χ0) is 16.9. The van der Waals surface area contributed by atoms with E-state index in [2.05, 4.69) is 40.4 Å². The van der Waals surface area contributed by atoms with E-state index in [4.69, 9.17) is 0 Å². The summed E-state index contributed by atoms with van der Waals surface area (Å²) in [6.45, 7) is 1.47. The summed E-state index contributed by atoms with van der Waals surface area (Å²) in [7, 11) is 0. The highest BCUT2D eigenvalue weighted by Crippen LogP contribution is 2.32. The van der Waals surface area contributed by atoms with E-state index in [1.165, 1.54) is 4.90 Å². The summed E-state index contributed by atoms with van der Waals surface area (Å²) < 4.78 is 0. The van der Waals surface area contributed by atoms with Crippen LogP contribution in [0, 0.1) is 5.92 Å². The monoisotopic (exact) mass is 342 g/mol. The lowest BCUT2D eigenvalue weighted by atomic mass is 9.93. The molecule has 126 valence electrons. The second-order valence-corrected chi connectivity index (χ2v) is 6.98. The number of piperidine rings is 1. The third kappa shape index (κ3) is 3.79. The number of hydrogen-bond acceptors (Lipinski definition) is 4. The molecule has 0 radical (unpaired) electrons. The van der Waals surface area contributed by atoms with Crippen LogP contribution in [0.25, 0.3) is 0 Å². The zero-order valence-electron chi connectivity index (χ0n) is 13.8. The number of benzene rings is 1. The quantitative estimate of drug-likeness (QED) is 0.840. The number of hydrogen-bond donors (Lipinski definition) is 1. The number of pyridine rings is 1. The molecule has 3 rings (SSSR count). The highest BCUT2D eigenvalue weighted by molar-refractivity contribution is 7.98. The smallest absolute Gasteiger partial charge is 0.307 e. The molecule has 5 heteroatoms. The van der Waals surface area contributed by atoms with Gasteiger partial charge in [0.15, 0.2) is 0 Å². The van der Waals surface area contributed by atoms with Crippen molar-refractivity contribution in [2.24, 2.45) is 5.92 Å². The molecule has 0 saturated carbocycles. The Labute approximate surface area is 146 Å². The summed E-state index contributed by atoms with van der Waals surface area (Å²) in [5.41, 5.74) is 2.14. The molecular weight excluding hydrogens is 320 g/mol. The van der Waals surface area contributed by atoms with Crippen molar-refractivity contribution in [2.75, 3.05) is 19.3 Å². The van der Waals surface area contributed by atoms with Gasteiger partial charge in [-0.3, -0.25) is 14.7 Å². The lowest BCUT2D eigenvalue weighted by Crippen LogP contribution is -2.41. The van der Waals surface area contributed by atoms with Crippen LogP contribution in [-0.2, 0) is 4.79 Å². The van der Waals surface area contributed by atoms with Crippen molar-refractivity contribution >= 4 is 17.7 Å². The Morgan fingerprint density at radius 2 is 2.08 bits per heavy atom. The van der Waals surface area contributed by atoms with Crippen LogP contribution < -0.4 is 0 Å². The number of likely N-dealkylation sites (tertiary alicyclic amines) is 1. The fourth-order valence-corrected chi connectivity index (χ4v) is 3.74. The lowest BCUT2D eigenvalue weighted by molar-refractivity contribution is -0.143. The first kappa shape index (κ1) is 17.0. The number of carboxylic acid groups (broad SMARTS) is 1. The van der Waals surface area contributed by atoms with Crippen LogP contribution in [0.1, 0.15) is 30.1 Å². The molecule has 0 spiro atoms. The zero-order valence-corrected chi connectivity index (χ0v) is 14.6. The van der Waals surface area contributed by atoms with Crippen molar-refractivity contribution in [3.8, 4) is 0 Å². The maximum absolute atomic E-state index is 11.4. The van der Waals surface area contributed by atoms with Crippen molar-refractivity contribution in [3.05, 3.63) is 59.9 Å². The van der Waals surface area contributed by atoms with Crippen LogP contribution in [0.3, 0.4) is 0 Å². The van der Waals surface area contributed by atoms with Crippen LogP contribution in [-0.4, -0.2) is 40.3 Å². The lowest BCUT2D eigenvalue weighted by Gasteiger charge is -2.37. The Morgan fingerprint density at radius 3 is 2.71 bits per heavy atom. The van der Waals surface area contributed by atoms with E-state index >= 15 is 0 Å². The van der Waals surface area contributed by atoms with Gasteiger partial charge in [-0.2, -0.15) is 0 Å². The third-order valence-corrected chi connectivity index (χ3v) is 5.31. The number of carboxylic acids is 1. The van der Waals surface area contributed by atoms with Crippen LogP contribution in [0.15, 0.2) is 53.6 Å². The van der Waals surface area contributed by atoms with Crippen LogP contribution >= 0.6 is 11.8 Å². The summed E-state index contributed by atoms with van der Waals surface area (Å²) in [5.74, 6) is -0.993. The van der Waals surface area contributed by atoms with Crippen LogP contribution in [0.5, 0.6) is 0 Å². The number of carbonyl (C=O) groups is 1. The van der Waals surface area contributed by atoms with Crippen molar-refractivity contribution in [1.82, 2.24) is 9.88 Å². The second kappa shape index (κ2) is 7.81. The fourth-order valence-electron chi connectivity index (χ4n) is 3.34. The summed E-state index contributed by atoms with van der Waals surface area (Å²) in [5, 5.41) is 9.40. The molecule has 1 aromatic heterocycles. The van der Waals surface area contributed by atoms with Gasteiger partial charge < -0.3 is 5.11 Å². The maximum Gasteiger partial charge on any atom is 0.307 e. The average Bonchev–Trinajstić information content (AvgIpc) is 2.64. The fraction of sp³-hybridized carbons (Fsp3) is 0.368. The molecule has 0 bridgehead atoms. The van der Waals surface area contributed by atoms with Crippen LogP contribution in [0.2, 0.25) is 0 Å². The molecule has 0 aliphatic carbocycles. The Hall–Kier alpha value is -1.85. The number of nitrogens with zero attached hydrogens (tertiary/aromatic N) is 2. The topological polar surface area (TPSA) is 53.4 Å². The minimum absolute atomic E-state index is 0.00394. The molecule has 1 saturated heterocycles. The molecule has 24 heavy (non-hydrogen) atoms. The Bertz CT molecular complexity index is 676. The van der Waals surface area contributed by atoms with Gasteiger partial charge in [-0.05, 0) is 55.5 Å². The molecule has 1 aliphatic rings. The number of aliphatic carboxylic acids is 1. The number of thioether (sulfide) groups is 1. The molecule has 2 heterocycles. The van der Waals surface area contributed by atoms with E-state index in [1.54, 1.807) is 18.0 Å². The Kier molecular flexibility index (Phi) is 5.53. The standard InChI is InChI=1S/C19H22N2O2S/c1-24-16-9-7-14(8-10-16)18(17-6-2-3-11-20-17)21-12-4-5-15(13-21)19(22)23/h2-3,6-11,15,18H,4-5,12-13H2,1H3,(H,22,23). The van der Waals surface area contributed by atoms with Gasteiger partial charge in [-0.25, -0.2) is 0 Å². The summed E-state index contributed by atoms with van der Waals surface area (Å²) >= 11 is 1.72. The van der Waals surface area contributed by atoms with E-state index in [-0.39, 0.29) is 12.0 Å². The maximum atomic E-state index is 11.4. The summed E-state index contributed by atoms with van der Waals surface area (Å²) in [6.07, 6.45) is 5.53. The van der Waals surface area contributed by atoms with Gasteiger partial charge in [0.2, 0.25) is 0 Å². The molecular formula is C19H22N2O2S. The van der Waals surface area contributed by atoms with Gasteiger partial charge >= 0.3 is 5.97 Å². The van der Waals surface area contributed by atoms with Crippen molar-refractivity contribution in [3.63, 3.8) is 0 Å². The van der Waals surface area contributed by atoms with Gasteiger partial charge in [-0.15, -0.1) is 11.8 Å². The van der Waals surface area contributed by atoms with Gasteiger partial charge in [0.05, 0.1) is 17.7 Å². The summed E-state index contributed by atoms with van der Waals surface area (Å²) in [4.78, 5) is 19.5. The highest BCUT2D eigenvalue weighted by atomic mass is 32.2. The Morgan fingerprint density at radius 1 is 1.29 bits per heavy atom. The highest BCUT2D eigenvalue weighted by Gasteiger charge is 2.31. The van der Waals surface area contributed by atoms with Crippen molar-refractivity contribution < 1.29 is 9.90 Å². The van der Waals surface area contributed by atoms with E-state index in [0.717, 1.165) is 30.6 Å². The molecule has 0 amide bonds. The molecule has 4 nitrogen and oxygen atoms in total. The van der Waals surface area contributed by atoms with Gasteiger partial charge in [0, 0.05) is 17.6 Å². The molecule has 2 atom stereocenters. The van der Waals surface area contributed by atoms with E-state index < -0.39 is 5.97 Å². The summed E-state index contributed by atoms with van der Waals surface area (Å²) in [6, 6.07) is 14.4. The number of rotatable bonds is 5. The predicted octanol–water partition coefficient (Wildman–Crippen LogP) is 3.69. The number of aromatic nitrogens is 1. The van der Waals surface area contributed by atoms with Gasteiger partial charge in [0.25, 0.3) is 0 Å². The molecule has 2 aromatic rings.